The fraction of sp³-hybridized carbons (Fsp3) is 0.250. The molecule has 0 unspecified atom stereocenters. The third-order valence-corrected chi connectivity index (χ3v) is 5.60. The highest BCUT2D eigenvalue weighted by Crippen LogP contribution is 2.31. The van der Waals surface area contributed by atoms with E-state index >= 15 is 0 Å². The van der Waals surface area contributed by atoms with Crippen molar-refractivity contribution in [3.63, 3.8) is 0 Å². The molecule has 36 heavy (non-hydrogen) atoms. The summed E-state index contributed by atoms with van der Waals surface area (Å²) in [5, 5.41) is 12.3. The van der Waals surface area contributed by atoms with Crippen LogP contribution in [0.5, 0.6) is 0 Å². The average molecular weight is 492 g/mol. The molecule has 0 aliphatic rings. The summed E-state index contributed by atoms with van der Waals surface area (Å²) in [4.78, 5) is 32.3. The summed E-state index contributed by atoms with van der Waals surface area (Å²) in [6.45, 7) is 6.75. The molecule has 2 amide bonds. The quantitative estimate of drug-likeness (QED) is 0.353. The highest BCUT2D eigenvalue weighted by molar-refractivity contribution is 5.97. The van der Waals surface area contributed by atoms with Crippen molar-refractivity contribution in [3.8, 4) is 17.1 Å². The number of benzene rings is 1. The lowest BCUT2D eigenvalue weighted by Crippen LogP contribution is -2.40. The second-order valence-electron chi connectivity index (χ2n) is 8.14. The van der Waals surface area contributed by atoms with Crippen LogP contribution < -0.4 is 16.2 Å². The molecule has 0 saturated heterocycles. The minimum absolute atomic E-state index is 0.300. The van der Waals surface area contributed by atoms with Crippen LogP contribution in [0.15, 0.2) is 36.7 Å². The molecule has 1 aromatic carbocycles. The topological polar surface area (TPSA) is 132 Å². The number of carbonyl (C=O) groups excluding carboxylic acids is 2. The number of nitrogens with zero attached hydrogens (tertiary/aromatic N) is 6. The Morgan fingerprint density at radius 3 is 2.44 bits per heavy atom. The van der Waals surface area contributed by atoms with Gasteiger partial charge in [0.15, 0.2) is 11.6 Å². The second kappa shape index (κ2) is 9.94. The number of aryl methyl sites for hydroxylation is 2. The average Bonchev–Trinajstić information content (AvgIpc) is 3.32. The van der Waals surface area contributed by atoms with Gasteiger partial charge in [-0.15, -0.1) is 0 Å². The van der Waals surface area contributed by atoms with E-state index in [1.54, 1.807) is 36.7 Å². The third-order valence-electron chi connectivity index (χ3n) is 5.60. The van der Waals surface area contributed by atoms with Crippen molar-refractivity contribution in [3.05, 3.63) is 65.0 Å². The highest BCUT2D eigenvalue weighted by atomic mass is 19.1. The largest absolute Gasteiger partial charge is 0.323 e. The van der Waals surface area contributed by atoms with Gasteiger partial charge in [0.25, 0.3) is 5.91 Å². The van der Waals surface area contributed by atoms with Crippen molar-refractivity contribution in [2.45, 2.75) is 34.1 Å². The first kappa shape index (κ1) is 24.5. The fourth-order valence-corrected chi connectivity index (χ4v) is 4.03. The second-order valence-corrected chi connectivity index (χ2v) is 8.14. The maximum absolute atomic E-state index is 13.4. The minimum Gasteiger partial charge on any atom is -0.323 e. The molecule has 0 radical (unpaired) electrons. The first-order valence-electron chi connectivity index (χ1n) is 11.2. The van der Waals surface area contributed by atoms with Crippen LogP contribution >= 0.6 is 0 Å². The molecule has 0 atom stereocenters. The molecule has 0 bridgehead atoms. The molecule has 4 rings (SSSR count). The molecule has 0 aliphatic carbocycles. The number of nitrogens with one attached hydrogen (secondary N) is 3. The Bertz CT molecular complexity index is 1440. The van der Waals surface area contributed by atoms with Crippen molar-refractivity contribution in [2.75, 3.05) is 5.32 Å². The van der Waals surface area contributed by atoms with Crippen LogP contribution in [0, 0.1) is 19.7 Å². The molecule has 3 aromatic heterocycles. The van der Waals surface area contributed by atoms with Crippen LogP contribution in [0.1, 0.15) is 41.2 Å². The Labute approximate surface area is 206 Å². The molecule has 11 nitrogen and oxygen atoms in total. The molecule has 4 aromatic rings. The summed E-state index contributed by atoms with van der Waals surface area (Å²) in [6.07, 6.45) is 2.08. The van der Waals surface area contributed by atoms with E-state index in [9.17, 15) is 14.0 Å². The maximum atomic E-state index is 13.4. The summed E-state index contributed by atoms with van der Waals surface area (Å²) in [6, 6.07) is 7.98. The lowest BCUT2D eigenvalue weighted by Gasteiger charge is -2.09. The van der Waals surface area contributed by atoms with Crippen LogP contribution in [-0.4, -0.2) is 41.3 Å². The standard InChI is InChI=1S/C24H26FN9O2/c1-6-18-22(16-7-9-17(25)10-8-16)33(5)32-23(18)28-19-11-20(27-12-26-19)34-14(3)21(13(2)31-34)24(36)30-29-15(4)35/h7-12H,6H2,1-5H3,(H,29,35)(H,30,36)(H,26,27,28,32). The van der Waals surface area contributed by atoms with Crippen LogP contribution in [0.4, 0.5) is 16.0 Å². The number of hydrogen-bond donors (Lipinski definition) is 3. The number of carbonyl (C=O) groups is 2. The van der Waals surface area contributed by atoms with E-state index < -0.39 is 5.91 Å². The van der Waals surface area contributed by atoms with Crippen molar-refractivity contribution < 1.29 is 14.0 Å². The van der Waals surface area contributed by atoms with Gasteiger partial charge in [0.2, 0.25) is 5.91 Å². The van der Waals surface area contributed by atoms with Crippen LogP contribution in [0.2, 0.25) is 0 Å². The van der Waals surface area contributed by atoms with Gasteiger partial charge in [0, 0.05) is 31.2 Å². The number of hydrazine groups is 1. The van der Waals surface area contributed by atoms with E-state index in [4.69, 9.17) is 0 Å². The molecule has 0 spiro atoms. The molecule has 0 aliphatic heterocycles. The number of rotatable bonds is 6. The van der Waals surface area contributed by atoms with Crippen molar-refractivity contribution >= 4 is 23.5 Å². The number of amides is 2. The first-order chi connectivity index (χ1) is 17.2. The number of halogens is 1. The van der Waals surface area contributed by atoms with E-state index in [0.717, 1.165) is 16.8 Å². The van der Waals surface area contributed by atoms with Crippen LogP contribution in [0.25, 0.3) is 17.1 Å². The van der Waals surface area contributed by atoms with Gasteiger partial charge in [-0.05, 0) is 44.5 Å². The number of hydrogen-bond acceptors (Lipinski definition) is 7. The monoisotopic (exact) mass is 491 g/mol. The minimum atomic E-state index is -0.478. The van der Waals surface area contributed by atoms with Gasteiger partial charge < -0.3 is 5.32 Å². The van der Waals surface area contributed by atoms with E-state index in [1.165, 1.54) is 30.1 Å². The normalized spacial score (nSPS) is 10.8. The molecular formula is C24H26FN9O2. The summed E-state index contributed by atoms with van der Waals surface area (Å²) >= 11 is 0. The Morgan fingerprint density at radius 1 is 1.06 bits per heavy atom. The Hall–Kier alpha value is -4.61. The van der Waals surface area contributed by atoms with Crippen LogP contribution in [-0.2, 0) is 18.3 Å². The van der Waals surface area contributed by atoms with Gasteiger partial charge in [0.05, 0.1) is 22.6 Å². The summed E-state index contributed by atoms with van der Waals surface area (Å²) in [7, 11) is 1.83. The zero-order valence-corrected chi connectivity index (χ0v) is 20.5. The van der Waals surface area contributed by atoms with E-state index in [1.807, 2.05) is 14.0 Å². The Kier molecular flexibility index (Phi) is 6.77. The van der Waals surface area contributed by atoms with Crippen molar-refractivity contribution in [2.24, 2.45) is 7.05 Å². The predicted molar refractivity (Wildman–Crippen MR) is 131 cm³/mol. The molecule has 12 heteroatoms. The molecule has 3 N–H and O–H groups in total. The van der Waals surface area contributed by atoms with Gasteiger partial charge in [0.1, 0.15) is 18.0 Å². The molecule has 3 heterocycles. The Morgan fingerprint density at radius 2 is 1.78 bits per heavy atom. The highest BCUT2D eigenvalue weighted by Gasteiger charge is 2.21. The SMILES string of the molecule is CCc1c(Nc2cc(-n3nc(C)c(C(=O)NNC(C)=O)c3C)ncn2)nn(C)c1-c1ccc(F)cc1. The van der Waals surface area contributed by atoms with Gasteiger partial charge >= 0.3 is 0 Å². The van der Waals surface area contributed by atoms with Gasteiger partial charge in [-0.25, -0.2) is 19.0 Å². The maximum Gasteiger partial charge on any atom is 0.273 e. The summed E-state index contributed by atoms with van der Waals surface area (Å²) in [5.74, 6) is 0.377. The zero-order valence-electron chi connectivity index (χ0n) is 20.5. The van der Waals surface area contributed by atoms with Gasteiger partial charge in [-0.1, -0.05) is 6.92 Å². The third kappa shape index (κ3) is 4.78. The number of aromatic nitrogens is 6. The smallest absolute Gasteiger partial charge is 0.273 e. The van der Waals surface area contributed by atoms with Gasteiger partial charge in [-0.2, -0.15) is 10.2 Å². The van der Waals surface area contributed by atoms with Crippen molar-refractivity contribution in [1.82, 2.24) is 40.4 Å². The predicted octanol–water partition coefficient (Wildman–Crippen LogP) is 2.91. The zero-order chi connectivity index (χ0) is 26.0. The lowest BCUT2D eigenvalue weighted by atomic mass is 10.1. The fourth-order valence-electron chi connectivity index (χ4n) is 4.03. The van der Waals surface area contributed by atoms with Crippen molar-refractivity contribution in [1.29, 1.82) is 0 Å². The lowest BCUT2D eigenvalue weighted by molar-refractivity contribution is -0.119. The van der Waals surface area contributed by atoms with E-state index in [-0.39, 0.29) is 11.7 Å². The van der Waals surface area contributed by atoms with Gasteiger partial charge in [-0.3, -0.25) is 25.1 Å². The molecule has 186 valence electrons. The first-order valence-corrected chi connectivity index (χ1v) is 11.2. The number of anilines is 2. The van der Waals surface area contributed by atoms with Crippen LogP contribution in [0.3, 0.4) is 0 Å². The Balaban J connectivity index is 1.65. The van der Waals surface area contributed by atoms with E-state index in [0.29, 0.717) is 40.8 Å². The molecule has 0 saturated carbocycles. The molecule has 0 fully saturated rings. The molecular weight excluding hydrogens is 465 g/mol. The summed E-state index contributed by atoms with van der Waals surface area (Å²) in [5.41, 5.74) is 8.67. The summed E-state index contributed by atoms with van der Waals surface area (Å²) < 4.78 is 16.7. The van der Waals surface area contributed by atoms with E-state index in [2.05, 4.69) is 36.3 Å².